The molecule has 2 rings (SSSR count). The zero-order chi connectivity index (χ0) is 11.5. The van der Waals surface area contributed by atoms with E-state index in [1.165, 1.54) is 19.3 Å². The van der Waals surface area contributed by atoms with Crippen LogP contribution < -0.4 is 5.32 Å². The van der Waals surface area contributed by atoms with Crippen LogP contribution in [0.2, 0.25) is 0 Å². The first-order valence-electron chi connectivity index (χ1n) is 6.72. The van der Waals surface area contributed by atoms with E-state index in [1.807, 2.05) is 0 Å². The van der Waals surface area contributed by atoms with Crippen molar-refractivity contribution in [3.8, 4) is 0 Å². The summed E-state index contributed by atoms with van der Waals surface area (Å²) in [5.41, 5.74) is 0. The molecule has 3 heteroatoms. The van der Waals surface area contributed by atoms with Gasteiger partial charge in [-0.05, 0) is 38.1 Å². The molecule has 2 aliphatic rings. The molecule has 0 aromatic carbocycles. The van der Waals surface area contributed by atoms with Crippen molar-refractivity contribution < 1.29 is 4.79 Å². The van der Waals surface area contributed by atoms with E-state index in [-0.39, 0.29) is 5.92 Å². The summed E-state index contributed by atoms with van der Waals surface area (Å²) in [6, 6.07) is 0. The van der Waals surface area contributed by atoms with Crippen LogP contribution in [0.3, 0.4) is 0 Å². The maximum absolute atomic E-state index is 12.3. The number of carbonyl (C=O) groups is 1. The Hall–Kier alpha value is -0.570. The van der Waals surface area contributed by atoms with Crippen LogP contribution in [-0.4, -0.2) is 37.0 Å². The highest BCUT2D eigenvalue weighted by Gasteiger charge is 2.33. The van der Waals surface area contributed by atoms with Crippen LogP contribution in [0, 0.1) is 17.8 Å². The molecule has 0 spiro atoms. The van der Waals surface area contributed by atoms with Gasteiger partial charge in [0.15, 0.2) is 0 Å². The maximum atomic E-state index is 12.3. The fourth-order valence-corrected chi connectivity index (χ4v) is 2.74. The molecule has 0 aromatic heterocycles. The Morgan fingerprint density at radius 3 is 2.56 bits per heavy atom. The lowest BCUT2D eigenvalue weighted by molar-refractivity contribution is -0.136. The molecule has 1 heterocycles. The summed E-state index contributed by atoms with van der Waals surface area (Å²) in [6.07, 6.45) is 4.00. The molecule has 0 bridgehead atoms. The van der Waals surface area contributed by atoms with Crippen LogP contribution in [0.15, 0.2) is 0 Å². The molecule has 2 atom stereocenters. The lowest BCUT2D eigenvalue weighted by Crippen LogP contribution is -2.42. The third-order valence-corrected chi connectivity index (χ3v) is 4.23. The van der Waals surface area contributed by atoms with Crippen LogP contribution in [0.5, 0.6) is 0 Å². The van der Waals surface area contributed by atoms with Gasteiger partial charge in [0.2, 0.25) is 5.91 Å². The van der Waals surface area contributed by atoms with Gasteiger partial charge in [0.25, 0.3) is 0 Å². The van der Waals surface area contributed by atoms with E-state index in [4.69, 9.17) is 0 Å². The van der Waals surface area contributed by atoms with Crippen molar-refractivity contribution in [3.05, 3.63) is 0 Å². The van der Waals surface area contributed by atoms with E-state index in [2.05, 4.69) is 24.1 Å². The number of amides is 1. The Labute approximate surface area is 98.6 Å². The third-order valence-electron chi connectivity index (χ3n) is 4.23. The molecule has 0 radical (unpaired) electrons. The molecule has 16 heavy (non-hydrogen) atoms. The van der Waals surface area contributed by atoms with E-state index >= 15 is 0 Å². The Bertz CT molecular complexity index is 250. The molecule has 92 valence electrons. The van der Waals surface area contributed by atoms with Crippen LogP contribution in [0.25, 0.3) is 0 Å². The van der Waals surface area contributed by atoms with Gasteiger partial charge < -0.3 is 10.2 Å². The number of hydrogen-bond acceptors (Lipinski definition) is 2. The standard InChI is InChI=1S/C13H24N2O/c1-3-15(9-11-5-4-6-11)13(16)12-8-14-7-10(12)2/h10-12,14H,3-9H2,1-2H3. The van der Waals surface area contributed by atoms with Gasteiger partial charge in [-0.1, -0.05) is 13.3 Å². The largest absolute Gasteiger partial charge is 0.342 e. The van der Waals surface area contributed by atoms with Crippen molar-refractivity contribution >= 4 is 5.91 Å². The first kappa shape index (κ1) is 11.9. The van der Waals surface area contributed by atoms with Crippen LogP contribution >= 0.6 is 0 Å². The summed E-state index contributed by atoms with van der Waals surface area (Å²) in [7, 11) is 0. The molecular weight excluding hydrogens is 200 g/mol. The number of nitrogens with zero attached hydrogens (tertiary/aromatic N) is 1. The highest BCUT2D eigenvalue weighted by Crippen LogP contribution is 2.28. The molecule has 2 unspecified atom stereocenters. The molecule has 2 fully saturated rings. The van der Waals surface area contributed by atoms with Crippen molar-refractivity contribution in [1.29, 1.82) is 0 Å². The first-order chi connectivity index (χ1) is 7.72. The molecular formula is C13H24N2O. The van der Waals surface area contributed by atoms with Gasteiger partial charge in [-0.2, -0.15) is 0 Å². The molecule has 1 saturated carbocycles. The maximum Gasteiger partial charge on any atom is 0.227 e. The summed E-state index contributed by atoms with van der Waals surface area (Å²) in [4.78, 5) is 14.4. The van der Waals surface area contributed by atoms with Crippen LogP contribution in [0.4, 0.5) is 0 Å². The lowest BCUT2D eigenvalue weighted by atomic mass is 9.84. The summed E-state index contributed by atoms with van der Waals surface area (Å²) in [6.45, 7) is 8.03. The van der Waals surface area contributed by atoms with E-state index in [1.54, 1.807) is 0 Å². The summed E-state index contributed by atoms with van der Waals surface area (Å²) >= 11 is 0. The highest BCUT2D eigenvalue weighted by atomic mass is 16.2. The minimum atomic E-state index is 0.222. The van der Waals surface area contributed by atoms with E-state index in [9.17, 15) is 4.79 Å². The van der Waals surface area contributed by atoms with Gasteiger partial charge in [-0.15, -0.1) is 0 Å². The Morgan fingerprint density at radius 2 is 2.12 bits per heavy atom. The summed E-state index contributed by atoms with van der Waals surface area (Å²) < 4.78 is 0. The first-order valence-corrected chi connectivity index (χ1v) is 6.72. The summed E-state index contributed by atoms with van der Waals surface area (Å²) in [5.74, 6) is 1.89. The van der Waals surface area contributed by atoms with Gasteiger partial charge in [0.1, 0.15) is 0 Å². The van der Waals surface area contributed by atoms with E-state index < -0.39 is 0 Å². The predicted molar refractivity (Wildman–Crippen MR) is 65.1 cm³/mol. The monoisotopic (exact) mass is 224 g/mol. The van der Waals surface area contributed by atoms with Crippen LogP contribution in [0.1, 0.15) is 33.1 Å². The minimum Gasteiger partial charge on any atom is -0.342 e. The number of carbonyl (C=O) groups excluding carboxylic acids is 1. The normalized spacial score (nSPS) is 30.1. The Balaban J connectivity index is 1.89. The zero-order valence-electron chi connectivity index (χ0n) is 10.5. The van der Waals surface area contributed by atoms with E-state index in [0.717, 1.165) is 32.1 Å². The lowest BCUT2D eigenvalue weighted by Gasteiger charge is -2.33. The molecule has 1 amide bonds. The van der Waals surface area contributed by atoms with Crippen molar-refractivity contribution in [1.82, 2.24) is 10.2 Å². The second-order valence-electron chi connectivity index (χ2n) is 5.42. The fourth-order valence-electron chi connectivity index (χ4n) is 2.74. The molecule has 1 aliphatic carbocycles. The van der Waals surface area contributed by atoms with Crippen molar-refractivity contribution in [2.75, 3.05) is 26.2 Å². The number of nitrogens with one attached hydrogen (secondary N) is 1. The van der Waals surface area contributed by atoms with Gasteiger partial charge in [0, 0.05) is 19.6 Å². The zero-order valence-corrected chi connectivity index (χ0v) is 10.5. The van der Waals surface area contributed by atoms with Crippen molar-refractivity contribution in [2.45, 2.75) is 33.1 Å². The fraction of sp³-hybridized carbons (Fsp3) is 0.923. The van der Waals surface area contributed by atoms with E-state index in [0.29, 0.717) is 11.8 Å². The third kappa shape index (κ3) is 2.40. The summed E-state index contributed by atoms with van der Waals surface area (Å²) in [5, 5.41) is 3.32. The second kappa shape index (κ2) is 5.17. The van der Waals surface area contributed by atoms with Gasteiger partial charge >= 0.3 is 0 Å². The van der Waals surface area contributed by atoms with Crippen molar-refractivity contribution in [3.63, 3.8) is 0 Å². The smallest absolute Gasteiger partial charge is 0.227 e. The molecule has 3 nitrogen and oxygen atoms in total. The second-order valence-corrected chi connectivity index (χ2v) is 5.42. The Kier molecular flexibility index (Phi) is 3.85. The Morgan fingerprint density at radius 1 is 1.38 bits per heavy atom. The van der Waals surface area contributed by atoms with Gasteiger partial charge in [-0.25, -0.2) is 0 Å². The topological polar surface area (TPSA) is 32.3 Å². The molecule has 1 saturated heterocycles. The predicted octanol–water partition coefficient (Wildman–Crippen LogP) is 1.49. The van der Waals surface area contributed by atoms with Crippen LogP contribution in [-0.2, 0) is 4.79 Å². The minimum absolute atomic E-state index is 0.222. The van der Waals surface area contributed by atoms with Gasteiger partial charge in [0.05, 0.1) is 5.92 Å². The van der Waals surface area contributed by atoms with Gasteiger partial charge in [-0.3, -0.25) is 4.79 Å². The number of rotatable bonds is 4. The average Bonchev–Trinajstić information content (AvgIpc) is 2.62. The highest BCUT2D eigenvalue weighted by molar-refractivity contribution is 5.79. The number of hydrogen-bond donors (Lipinski definition) is 1. The average molecular weight is 224 g/mol. The quantitative estimate of drug-likeness (QED) is 0.784. The SMILES string of the molecule is CCN(CC1CCC1)C(=O)C1CNCC1C. The molecule has 0 aromatic rings. The molecule has 1 N–H and O–H groups in total. The van der Waals surface area contributed by atoms with Crippen molar-refractivity contribution in [2.24, 2.45) is 17.8 Å². The molecule has 1 aliphatic heterocycles.